The van der Waals surface area contributed by atoms with Gasteiger partial charge in [-0.15, -0.1) is 0 Å². The van der Waals surface area contributed by atoms with Crippen molar-refractivity contribution in [3.05, 3.63) is 34.9 Å². The van der Waals surface area contributed by atoms with Gasteiger partial charge in [-0.05, 0) is 64.3 Å². The molecule has 0 aliphatic carbocycles. The third kappa shape index (κ3) is 4.47. The maximum Gasteiger partial charge on any atom is 0.0438 e. The molecular weight excluding hydrogens is 268 g/mol. The van der Waals surface area contributed by atoms with Crippen molar-refractivity contribution in [2.75, 3.05) is 20.1 Å². The molecule has 2 nitrogen and oxygen atoms in total. The number of benzene rings is 1. The molecule has 1 aromatic rings. The van der Waals surface area contributed by atoms with Gasteiger partial charge in [0.15, 0.2) is 0 Å². The van der Waals surface area contributed by atoms with Gasteiger partial charge in [-0.25, -0.2) is 0 Å². The van der Waals surface area contributed by atoms with Crippen LogP contribution in [0.3, 0.4) is 0 Å². The van der Waals surface area contributed by atoms with E-state index in [1.54, 1.807) is 0 Å². The Hall–Kier alpha value is -0.570. The zero-order valence-electron chi connectivity index (χ0n) is 12.9. The second-order valence-electron chi connectivity index (χ2n) is 6.32. The highest BCUT2D eigenvalue weighted by atomic mass is 35.5. The highest BCUT2D eigenvalue weighted by Crippen LogP contribution is 2.20. The normalized spacial score (nSPS) is 23.5. The second-order valence-corrected chi connectivity index (χ2v) is 6.72. The summed E-state index contributed by atoms with van der Waals surface area (Å²) in [6, 6.07) is 9.17. The van der Waals surface area contributed by atoms with Crippen LogP contribution in [0.25, 0.3) is 0 Å². The number of likely N-dealkylation sites (tertiary alicyclic amines) is 1. The first-order valence-electron chi connectivity index (χ1n) is 7.74. The summed E-state index contributed by atoms with van der Waals surface area (Å²) < 4.78 is 0. The summed E-state index contributed by atoms with van der Waals surface area (Å²) in [6.07, 6.45) is 3.66. The fourth-order valence-electron chi connectivity index (χ4n) is 3.25. The van der Waals surface area contributed by atoms with Crippen LogP contribution >= 0.6 is 11.6 Å². The van der Waals surface area contributed by atoms with Crippen LogP contribution in [-0.4, -0.2) is 37.1 Å². The molecule has 2 rings (SSSR count). The molecular formula is C17H27ClN2. The molecule has 0 radical (unpaired) electrons. The molecule has 1 aliphatic rings. The fraction of sp³-hybridized carbons (Fsp3) is 0.647. The first-order chi connectivity index (χ1) is 9.56. The molecule has 20 heavy (non-hydrogen) atoms. The van der Waals surface area contributed by atoms with Crippen molar-refractivity contribution in [3.8, 4) is 0 Å². The average molecular weight is 295 g/mol. The predicted molar refractivity (Wildman–Crippen MR) is 87.4 cm³/mol. The molecule has 112 valence electrons. The van der Waals surface area contributed by atoms with Crippen molar-refractivity contribution >= 4 is 11.6 Å². The lowest BCUT2D eigenvalue weighted by Gasteiger charge is -2.35. The van der Waals surface area contributed by atoms with Gasteiger partial charge in [-0.3, -0.25) is 0 Å². The van der Waals surface area contributed by atoms with Gasteiger partial charge < -0.3 is 10.2 Å². The van der Waals surface area contributed by atoms with Gasteiger partial charge >= 0.3 is 0 Å². The third-order valence-electron chi connectivity index (χ3n) is 4.40. The smallest absolute Gasteiger partial charge is 0.0438 e. The molecule has 0 aromatic heterocycles. The van der Waals surface area contributed by atoms with Crippen LogP contribution in [0.5, 0.6) is 0 Å². The molecule has 1 N–H and O–H groups in total. The number of nitrogens with zero attached hydrogens (tertiary/aromatic N) is 1. The summed E-state index contributed by atoms with van der Waals surface area (Å²) in [7, 11) is 2.23. The van der Waals surface area contributed by atoms with E-state index in [0.717, 1.165) is 17.4 Å². The second kappa shape index (κ2) is 7.44. The Bertz CT molecular complexity index is 421. The highest BCUT2D eigenvalue weighted by Gasteiger charge is 2.23. The quantitative estimate of drug-likeness (QED) is 0.893. The minimum Gasteiger partial charge on any atom is -0.311 e. The highest BCUT2D eigenvalue weighted by molar-refractivity contribution is 6.31. The van der Waals surface area contributed by atoms with Crippen LogP contribution in [0.15, 0.2) is 24.3 Å². The Morgan fingerprint density at radius 1 is 1.35 bits per heavy atom. The van der Waals surface area contributed by atoms with E-state index in [0.29, 0.717) is 12.1 Å². The average Bonchev–Trinajstić information content (AvgIpc) is 2.41. The monoisotopic (exact) mass is 294 g/mol. The van der Waals surface area contributed by atoms with Crippen LogP contribution in [0.2, 0.25) is 5.02 Å². The zero-order valence-corrected chi connectivity index (χ0v) is 13.7. The van der Waals surface area contributed by atoms with E-state index in [4.69, 9.17) is 11.6 Å². The van der Waals surface area contributed by atoms with E-state index < -0.39 is 0 Å². The molecule has 0 amide bonds. The summed E-state index contributed by atoms with van der Waals surface area (Å²) in [5.74, 6) is 0.766. The third-order valence-corrected chi connectivity index (χ3v) is 4.77. The Morgan fingerprint density at radius 2 is 2.10 bits per heavy atom. The molecule has 1 saturated heterocycles. The maximum absolute atomic E-state index is 6.24. The van der Waals surface area contributed by atoms with Gasteiger partial charge in [0.05, 0.1) is 0 Å². The number of rotatable bonds is 5. The van der Waals surface area contributed by atoms with Crippen molar-refractivity contribution < 1.29 is 0 Å². The van der Waals surface area contributed by atoms with E-state index in [2.05, 4.69) is 43.2 Å². The van der Waals surface area contributed by atoms with E-state index >= 15 is 0 Å². The molecule has 3 atom stereocenters. The minimum atomic E-state index is 0.456. The standard InChI is InChI=1S/C17H27ClN2/c1-13(11-15-7-4-5-9-17(15)18)19-14(2)16-8-6-10-20(3)12-16/h4-5,7,9,13-14,16,19H,6,8,10-12H2,1-3H3. The van der Waals surface area contributed by atoms with Gasteiger partial charge in [0.25, 0.3) is 0 Å². The largest absolute Gasteiger partial charge is 0.311 e. The number of hydrogen-bond acceptors (Lipinski definition) is 2. The van der Waals surface area contributed by atoms with Crippen LogP contribution in [0.4, 0.5) is 0 Å². The van der Waals surface area contributed by atoms with Crippen LogP contribution in [0.1, 0.15) is 32.3 Å². The summed E-state index contributed by atoms with van der Waals surface area (Å²) in [6.45, 7) is 7.05. The topological polar surface area (TPSA) is 15.3 Å². The molecule has 3 unspecified atom stereocenters. The molecule has 0 saturated carbocycles. The number of nitrogens with one attached hydrogen (secondary N) is 1. The van der Waals surface area contributed by atoms with Crippen molar-refractivity contribution in [3.63, 3.8) is 0 Å². The molecule has 1 heterocycles. The van der Waals surface area contributed by atoms with Crippen LogP contribution in [0, 0.1) is 5.92 Å². The predicted octanol–water partition coefficient (Wildman–Crippen LogP) is 3.59. The van der Waals surface area contributed by atoms with E-state index in [-0.39, 0.29) is 0 Å². The van der Waals surface area contributed by atoms with Crippen molar-refractivity contribution in [2.45, 2.75) is 45.2 Å². The van der Waals surface area contributed by atoms with Crippen molar-refractivity contribution in [2.24, 2.45) is 5.92 Å². The summed E-state index contributed by atoms with van der Waals surface area (Å²) in [5, 5.41) is 4.64. The van der Waals surface area contributed by atoms with Gasteiger partial charge in [-0.2, -0.15) is 0 Å². The zero-order chi connectivity index (χ0) is 14.5. The summed E-state index contributed by atoms with van der Waals surface area (Å²) >= 11 is 6.24. The first kappa shape index (κ1) is 15.8. The lowest BCUT2D eigenvalue weighted by molar-refractivity contribution is 0.174. The first-order valence-corrected chi connectivity index (χ1v) is 8.12. The Kier molecular flexibility index (Phi) is 5.88. The lowest BCUT2D eigenvalue weighted by atomic mass is 9.91. The van der Waals surface area contributed by atoms with E-state index in [9.17, 15) is 0 Å². The van der Waals surface area contributed by atoms with Crippen LogP contribution in [-0.2, 0) is 6.42 Å². The SMILES string of the molecule is CC(Cc1ccccc1Cl)NC(C)C1CCCN(C)C1. The lowest BCUT2D eigenvalue weighted by Crippen LogP contribution is -2.46. The molecule has 1 fully saturated rings. The van der Waals surface area contributed by atoms with Crippen molar-refractivity contribution in [1.29, 1.82) is 0 Å². The number of piperidine rings is 1. The molecule has 1 aliphatic heterocycles. The summed E-state index contributed by atoms with van der Waals surface area (Å²) in [4.78, 5) is 2.45. The van der Waals surface area contributed by atoms with Gasteiger partial charge in [-0.1, -0.05) is 29.8 Å². The van der Waals surface area contributed by atoms with E-state index in [1.807, 2.05) is 12.1 Å². The Labute approximate surface area is 128 Å². The van der Waals surface area contributed by atoms with E-state index in [1.165, 1.54) is 31.5 Å². The Morgan fingerprint density at radius 3 is 2.80 bits per heavy atom. The fourth-order valence-corrected chi connectivity index (χ4v) is 3.46. The molecule has 0 spiro atoms. The number of hydrogen-bond donors (Lipinski definition) is 1. The van der Waals surface area contributed by atoms with Crippen molar-refractivity contribution in [1.82, 2.24) is 10.2 Å². The minimum absolute atomic E-state index is 0.456. The van der Waals surface area contributed by atoms with Gasteiger partial charge in [0.2, 0.25) is 0 Å². The van der Waals surface area contributed by atoms with Crippen LogP contribution < -0.4 is 5.32 Å². The molecule has 0 bridgehead atoms. The summed E-state index contributed by atoms with van der Waals surface area (Å²) in [5.41, 5.74) is 1.24. The number of halogens is 1. The van der Waals surface area contributed by atoms with Gasteiger partial charge in [0.1, 0.15) is 0 Å². The molecule has 3 heteroatoms. The molecule has 1 aromatic carbocycles. The van der Waals surface area contributed by atoms with Gasteiger partial charge in [0, 0.05) is 23.7 Å². The Balaban J connectivity index is 1.84. The maximum atomic E-state index is 6.24.